The van der Waals surface area contributed by atoms with E-state index in [9.17, 15) is 10.0 Å². The Kier molecular flexibility index (Phi) is 8.89. The number of aliphatic hydroxyl groups is 1. The minimum absolute atomic E-state index is 0.0755. The Morgan fingerprint density at radius 1 is 1.41 bits per heavy atom. The highest BCUT2D eigenvalue weighted by Gasteiger charge is 2.08. The zero-order chi connectivity index (χ0) is 16.2. The minimum Gasteiger partial charge on any atom is -0.381 e. The number of hydrogen-bond acceptors (Lipinski definition) is 8. The van der Waals surface area contributed by atoms with Gasteiger partial charge in [0.2, 0.25) is 0 Å². The van der Waals surface area contributed by atoms with Gasteiger partial charge < -0.3 is 30.6 Å². The highest BCUT2D eigenvalue weighted by atomic mass is 16.7. The van der Waals surface area contributed by atoms with Crippen LogP contribution in [0.4, 0.5) is 11.4 Å². The molecule has 8 nitrogen and oxygen atoms in total. The third kappa shape index (κ3) is 6.25. The van der Waals surface area contributed by atoms with Crippen LogP contribution in [0.25, 0.3) is 0 Å². The van der Waals surface area contributed by atoms with Crippen molar-refractivity contribution in [2.24, 2.45) is 11.1 Å². The van der Waals surface area contributed by atoms with Gasteiger partial charge in [0.05, 0.1) is 13.2 Å². The van der Waals surface area contributed by atoms with E-state index in [1.54, 1.807) is 0 Å². The molecule has 1 aromatic rings. The van der Waals surface area contributed by atoms with Crippen LogP contribution in [-0.2, 0) is 9.57 Å². The summed E-state index contributed by atoms with van der Waals surface area (Å²) in [7, 11) is 0. The number of nitrogens with one attached hydrogen (secondary N) is 1. The van der Waals surface area contributed by atoms with E-state index >= 15 is 0 Å². The van der Waals surface area contributed by atoms with Crippen LogP contribution < -0.4 is 16.0 Å². The first kappa shape index (κ1) is 18.1. The van der Waals surface area contributed by atoms with Crippen molar-refractivity contribution in [2.45, 2.75) is 13.0 Å². The first-order chi connectivity index (χ1) is 10.7. The lowest BCUT2D eigenvalue weighted by atomic mass is 10.2. The molecule has 124 valence electrons. The van der Waals surface area contributed by atoms with Crippen molar-refractivity contribution >= 4 is 11.4 Å². The van der Waals surface area contributed by atoms with Crippen LogP contribution in [0.3, 0.4) is 0 Å². The molecule has 0 heterocycles. The average Bonchev–Trinajstić information content (AvgIpc) is 2.56. The van der Waals surface area contributed by atoms with E-state index in [1.807, 2.05) is 36.1 Å². The van der Waals surface area contributed by atoms with E-state index in [-0.39, 0.29) is 13.3 Å². The van der Waals surface area contributed by atoms with Crippen molar-refractivity contribution in [3.8, 4) is 0 Å². The van der Waals surface area contributed by atoms with E-state index in [1.165, 1.54) is 0 Å². The highest BCUT2D eigenvalue weighted by molar-refractivity contribution is 5.55. The SMILES string of the molecule is CCOCCN(CO)c1ccc(NCC(CN)ON=O)cc1. The fourth-order valence-corrected chi connectivity index (χ4v) is 1.85. The molecule has 0 aliphatic heterocycles. The second-order valence-electron chi connectivity index (χ2n) is 4.57. The van der Waals surface area contributed by atoms with Gasteiger partial charge in [-0.05, 0) is 31.2 Å². The Balaban J connectivity index is 2.51. The Bertz CT molecular complexity index is 416. The maximum absolute atomic E-state index is 10.1. The molecule has 1 atom stereocenters. The third-order valence-electron chi connectivity index (χ3n) is 3.10. The first-order valence-corrected chi connectivity index (χ1v) is 7.21. The summed E-state index contributed by atoms with van der Waals surface area (Å²) in [4.78, 5) is 16.4. The van der Waals surface area contributed by atoms with Crippen LogP contribution in [0, 0.1) is 4.91 Å². The molecule has 1 aromatic carbocycles. The van der Waals surface area contributed by atoms with Gasteiger partial charge in [0.25, 0.3) is 0 Å². The van der Waals surface area contributed by atoms with Gasteiger partial charge >= 0.3 is 0 Å². The van der Waals surface area contributed by atoms with Gasteiger partial charge in [-0.15, -0.1) is 4.91 Å². The van der Waals surface area contributed by atoms with Gasteiger partial charge in [-0.2, -0.15) is 0 Å². The van der Waals surface area contributed by atoms with Crippen LogP contribution in [0.2, 0.25) is 0 Å². The van der Waals surface area contributed by atoms with E-state index < -0.39 is 6.10 Å². The Morgan fingerprint density at radius 2 is 2.14 bits per heavy atom. The van der Waals surface area contributed by atoms with Crippen LogP contribution >= 0.6 is 0 Å². The van der Waals surface area contributed by atoms with E-state index in [2.05, 4.69) is 15.5 Å². The van der Waals surface area contributed by atoms with Crippen LogP contribution in [-0.4, -0.2) is 50.8 Å². The van der Waals surface area contributed by atoms with E-state index in [4.69, 9.17) is 10.5 Å². The van der Waals surface area contributed by atoms with Crippen molar-refractivity contribution in [3.05, 3.63) is 29.2 Å². The molecule has 0 aliphatic rings. The average molecular weight is 312 g/mol. The van der Waals surface area contributed by atoms with Gasteiger partial charge in [0.1, 0.15) is 6.73 Å². The Morgan fingerprint density at radius 3 is 2.68 bits per heavy atom. The molecule has 22 heavy (non-hydrogen) atoms. The number of benzene rings is 1. The number of ether oxygens (including phenoxy) is 1. The van der Waals surface area contributed by atoms with Gasteiger partial charge in [-0.25, -0.2) is 0 Å². The Hall–Kier alpha value is -1.90. The van der Waals surface area contributed by atoms with Crippen molar-refractivity contribution in [1.82, 2.24) is 0 Å². The summed E-state index contributed by atoms with van der Waals surface area (Å²) in [5, 5.41) is 14.9. The summed E-state index contributed by atoms with van der Waals surface area (Å²) in [5.41, 5.74) is 7.21. The van der Waals surface area contributed by atoms with Gasteiger partial charge in [-0.3, -0.25) is 0 Å². The summed E-state index contributed by atoms with van der Waals surface area (Å²) in [6, 6.07) is 7.53. The summed E-state index contributed by atoms with van der Waals surface area (Å²) in [5.74, 6) is 0. The molecule has 0 saturated carbocycles. The number of anilines is 2. The molecular formula is C14H24N4O4. The zero-order valence-electron chi connectivity index (χ0n) is 12.8. The normalized spacial score (nSPS) is 11.8. The number of hydrogen-bond donors (Lipinski definition) is 3. The van der Waals surface area contributed by atoms with Crippen molar-refractivity contribution in [3.63, 3.8) is 0 Å². The monoisotopic (exact) mass is 312 g/mol. The molecule has 0 bridgehead atoms. The second-order valence-corrected chi connectivity index (χ2v) is 4.57. The van der Waals surface area contributed by atoms with Gasteiger partial charge in [0, 0.05) is 31.1 Å². The van der Waals surface area contributed by atoms with Gasteiger partial charge in [0.15, 0.2) is 11.4 Å². The third-order valence-corrected chi connectivity index (χ3v) is 3.10. The summed E-state index contributed by atoms with van der Waals surface area (Å²) < 4.78 is 5.29. The van der Waals surface area contributed by atoms with Crippen LogP contribution in [0.15, 0.2) is 29.6 Å². The number of rotatable bonds is 12. The molecule has 1 unspecified atom stereocenters. The van der Waals surface area contributed by atoms with Crippen LogP contribution in [0.1, 0.15) is 6.92 Å². The van der Waals surface area contributed by atoms with Crippen LogP contribution in [0.5, 0.6) is 0 Å². The largest absolute Gasteiger partial charge is 0.381 e. The molecule has 0 spiro atoms. The fraction of sp³-hybridized carbons (Fsp3) is 0.571. The molecule has 1 rings (SSSR count). The van der Waals surface area contributed by atoms with E-state index in [0.717, 1.165) is 11.4 Å². The first-order valence-electron chi connectivity index (χ1n) is 7.21. The predicted molar refractivity (Wildman–Crippen MR) is 85.6 cm³/mol. The maximum Gasteiger partial charge on any atom is 0.160 e. The summed E-state index contributed by atoms with van der Waals surface area (Å²) >= 11 is 0. The Labute approximate surface area is 130 Å². The highest BCUT2D eigenvalue weighted by Crippen LogP contribution is 2.17. The van der Waals surface area contributed by atoms with Gasteiger partial charge in [-0.1, -0.05) is 0 Å². The fourth-order valence-electron chi connectivity index (χ4n) is 1.85. The zero-order valence-corrected chi connectivity index (χ0v) is 12.8. The lowest BCUT2D eigenvalue weighted by Crippen LogP contribution is -2.30. The molecule has 0 saturated heterocycles. The number of nitrogens with two attached hydrogens (primary N) is 1. The predicted octanol–water partition coefficient (Wildman–Crippen LogP) is 0.917. The van der Waals surface area contributed by atoms with Crippen molar-refractivity contribution in [2.75, 3.05) is 49.8 Å². The molecule has 0 amide bonds. The number of nitrogens with zero attached hydrogens (tertiary/aromatic N) is 2. The molecule has 0 aliphatic carbocycles. The topological polar surface area (TPSA) is 109 Å². The maximum atomic E-state index is 10.1. The minimum atomic E-state index is -0.461. The molecular weight excluding hydrogens is 288 g/mol. The van der Waals surface area contributed by atoms with E-state index in [0.29, 0.717) is 26.3 Å². The number of aliphatic hydroxyl groups excluding tert-OH is 1. The molecule has 8 heteroatoms. The quantitative estimate of drug-likeness (QED) is 0.228. The lowest BCUT2D eigenvalue weighted by Gasteiger charge is -2.22. The standard InChI is InChI=1S/C14H24N4O4/c1-2-21-8-7-18(11-19)13-5-3-12(4-6-13)16-10-14(9-15)22-17-20/h3-6,14,16,19H,2,7-11,15H2,1H3. The molecule has 0 fully saturated rings. The summed E-state index contributed by atoms with van der Waals surface area (Å²) in [6.45, 7) is 4.27. The molecule has 0 aromatic heterocycles. The van der Waals surface area contributed by atoms with Crippen molar-refractivity contribution < 1.29 is 14.7 Å². The summed E-state index contributed by atoms with van der Waals surface area (Å²) in [6.07, 6.45) is -0.461. The lowest BCUT2D eigenvalue weighted by molar-refractivity contribution is 0.0704. The molecule has 4 N–H and O–H groups in total. The second kappa shape index (κ2) is 10.8. The van der Waals surface area contributed by atoms with Crippen molar-refractivity contribution in [1.29, 1.82) is 0 Å². The molecule has 0 radical (unpaired) electrons. The smallest absolute Gasteiger partial charge is 0.160 e.